The van der Waals surface area contributed by atoms with Crippen LogP contribution in [0.5, 0.6) is 0 Å². The summed E-state index contributed by atoms with van der Waals surface area (Å²) in [6.07, 6.45) is 1.91. The van der Waals surface area contributed by atoms with E-state index in [4.69, 9.17) is 23.2 Å². The lowest BCUT2D eigenvalue weighted by Gasteiger charge is -2.10. The number of hydrogen-bond donors (Lipinski definition) is 1. The number of nitrogens with one attached hydrogen (secondary N) is 1. The second-order valence-corrected chi connectivity index (χ2v) is 9.25. The minimum atomic E-state index is -0.174. The fraction of sp³-hybridized carbons (Fsp3) is 0.350. The van der Waals surface area contributed by atoms with Crippen LogP contribution in [0.4, 0.5) is 5.69 Å². The SMILES string of the molecule is CCCn1c(SCC(=O)Nc2cccc(Cl)c2Cl)nnc1-c1csc(C)c1CC. The highest BCUT2D eigenvalue weighted by Gasteiger charge is 2.19. The molecule has 0 saturated carbocycles. The number of aromatic nitrogens is 3. The molecule has 0 saturated heterocycles. The Labute approximate surface area is 188 Å². The number of thioether (sulfide) groups is 1. The number of rotatable bonds is 8. The third-order valence-electron chi connectivity index (χ3n) is 4.42. The molecule has 0 unspecified atom stereocenters. The van der Waals surface area contributed by atoms with E-state index in [-0.39, 0.29) is 11.7 Å². The van der Waals surface area contributed by atoms with Crippen LogP contribution >= 0.6 is 46.3 Å². The molecule has 2 heterocycles. The summed E-state index contributed by atoms with van der Waals surface area (Å²) >= 11 is 15.2. The molecule has 3 rings (SSSR count). The highest BCUT2D eigenvalue weighted by Crippen LogP contribution is 2.33. The second kappa shape index (κ2) is 9.98. The minimum Gasteiger partial charge on any atom is -0.324 e. The van der Waals surface area contributed by atoms with Crippen LogP contribution in [0, 0.1) is 6.92 Å². The van der Waals surface area contributed by atoms with E-state index in [0.29, 0.717) is 15.7 Å². The molecule has 3 aromatic rings. The van der Waals surface area contributed by atoms with Crippen LogP contribution in [0.25, 0.3) is 11.4 Å². The summed E-state index contributed by atoms with van der Waals surface area (Å²) in [5.41, 5.74) is 2.95. The van der Waals surface area contributed by atoms with Gasteiger partial charge in [-0.2, -0.15) is 0 Å². The van der Waals surface area contributed by atoms with Crippen LogP contribution in [-0.2, 0) is 17.8 Å². The minimum absolute atomic E-state index is 0.174. The number of amides is 1. The highest BCUT2D eigenvalue weighted by molar-refractivity contribution is 7.99. The van der Waals surface area contributed by atoms with Crippen LogP contribution in [0.15, 0.2) is 28.7 Å². The summed E-state index contributed by atoms with van der Waals surface area (Å²) < 4.78 is 2.10. The standard InChI is InChI=1S/C20H22Cl2N4OS2/c1-4-9-26-19(14-10-28-12(3)13(14)5-2)24-25-20(26)29-11-17(27)23-16-8-6-7-15(21)18(16)22/h6-8,10H,4-5,9,11H2,1-3H3,(H,23,27). The molecule has 29 heavy (non-hydrogen) atoms. The Morgan fingerprint density at radius 2 is 2.07 bits per heavy atom. The zero-order valence-electron chi connectivity index (χ0n) is 16.5. The van der Waals surface area contributed by atoms with Gasteiger partial charge < -0.3 is 9.88 Å². The second-order valence-electron chi connectivity index (χ2n) is 6.43. The Morgan fingerprint density at radius 3 is 2.79 bits per heavy atom. The lowest BCUT2D eigenvalue weighted by atomic mass is 10.1. The van der Waals surface area contributed by atoms with E-state index >= 15 is 0 Å². The summed E-state index contributed by atoms with van der Waals surface area (Å²) in [5, 5.41) is 15.2. The summed E-state index contributed by atoms with van der Waals surface area (Å²) in [7, 11) is 0. The predicted octanol–water partition coefficient (Wildman–Crippen LogP) is 6.33. The predicted molar refractivity (Wildman–Crippen MR) is 124 cm³/mol. The maximum absolute atomic E-state index is 12.4. The Balaban J connectivity index is 1.76. The molecule has 0 spiro atoms. The molecule has 1 aromatic carbocycles. The number of carbonyl (C=O) groups excluding carboxylic acids is 1. The van der Waals surface area contributed by atoms with E-state index in [1.807, 2.05) is 0 Å². The van der Waals surface area contributed by atoms with Crippen molar-refractivity contribution in [1.29, 1.82) is 0 Å². The topological polar surface area (TPSA) is 59.8 Å². The van der Waals surface area contributed by atoms with E-state index in [0.717, 1.165) is 35.9 Å². The van der Waals surface area contributed by atoms with Crippen LogP contribution in [0.3, 0.4) is 0 Å². The molecule has 2 aromatic heterocycles. The van der Waals surface area contributed by atoms with Crippen molar-refractivity contribution in [2.24, 2.45) is 0 Å². The number of nitrogens with zero attached hydrogens (tertiary/aromatic N) is 3. The maximum Gasteiger partial charge on any atom is 0.234 e. The van der Waals surface area contributed by atoms with Gasteiger partial charge in [0.25, 0.3) is 0 Å². The number of hydrogen-bond acceptors (Lipinski definition) is 5. The Hall–Kier alpha value is -1.54. The molecule has 1 amide bonds. The summed E-state index contributed by atoms with van der Waals surface area (Å²) in [4.78, 5) is 13.7. The highest BCUT2D eigenvalue weighted by atomic mass is 35.5. The fourth-order valence-corrected chi connectivity index (χ4v) is 5.09. The third kappa shape index (κ3) is 4.97. The monoisotopic (exact) mass is 468 g/mol. The maximum atomic E-state index is 12.4. The van der Waals surface area contributed by atoms with Gasteiger partial charge in [-0.25, -0.2) is 0 Å². The van der Waals surface area contributed by atoms with Crippen molar-refractivity contribution in [2.75, 3.05) is 11.1 Å². The van der Waals surface area contributed by atoms with E-state index in [1.165, 1.54) is 22.2 Å². The van der Waals surface area contributed by atoms with Gasteiger partial charge in [-0.15, -0.1) is 21.5 Å². The van der Waals surface area contributed by atoms with E-state index < -0.39 is 0 Å². The molecule has 0 bridgehead atoms. The fourth-order valence-electron chi connectivity index (χ4n) is 3.04. The molecule has 0 fully saturated rings. The quantitative estimate of drug-likeness (QED) is 0.392. The molecule has 154 valence electrons. The van der Waals surface area contributed by atoms with Crippen molar-refractivity contribution >= 4 is 57.9 Å². The van der Waals surface area contributed by atoms with E-state index in [2.05, 4.69) is 46.2 Å². The lowest BCUT2D eigenvalue weighted by Crippen LogP contribution is -2.15. The van der Waals surface area contributed by atoms with Gasteiger partial charge in [0.1, 0.15) is 0 Å². The van der Waals surface area contributed by atoms with Crippen LogP contribution in [0.1, 0.15) is 30.7 Å². The molecule has 0 aliphatic carbocycles. The van der Waals surface area contributed by atoms with Gasteiger partial charge >= 0.3 is 0 Å². The number of benzene rings is 1. The largest absolute Gasteiger partial charge is 0.324 e. The van der Waals surface area contributed by atoms with Gasteiger partial charge in [-0.3, -0.25) is 4.79 Å². The van der Waals surface area contributed by atoms with Crippen molar-refractivity contribution < 1.29 is 4.79 Å². The number of thiophene rings is 1. The first-order valence-electron chi connectivity index (χ1n) is 9.33. The average molecular weight is 469 g/mol. The molecule has 0 atom stereocenters. The third-order valence-corrected chi connectivity index (χ3v) is 7.16. The smallest absolute Gasteiger partial charge is 0.234 e. The van der Waals surface area contributed by atoms with Crippen molar-refractivity contribution in [1.82, 2.24) is 14.8 Å². The Morgan fingerprint density at radius 1 is 1.28 bits per heavy atom. The average Bonchev–Trinajstić information content (AvgIpc) is 3.26. The van der Waals surface area contributed by atoms with Crippen molar-refractivity contribution in [3.05, 3.63) is 44.1 Å². The zero-order chi connectivity index (χ0) is 21.0. The Bertz CT molecular complexity index is 1020. The van der Waals surface area contributed by atoms with Gasteiger partial charge in [0.2, 0.25) is 5.91 Å². The molecular formula is C20H22Cl2N4OS2. The summed E-state index contributed by atoms with van der Waals surface area (Å²) in [6.45, 7) is 7.20. The van der Waals surface area contributed by atoms with Gasteiger partial charge in [0.15, 0.2) is 11.0 Å². The van der Waals surface area contributed by atoms with E-state index in [1.54, 1.807) is 29.5 Å². The summed E-state index contributed by atoms with van der Waals surface area (Å²) in [6, 6.07) is 5.15. The molecule has 0 radical (unpaired) electrons. The van der Waals surface area contributed by atoms with Gasteiger partial charge in [0, 0.05) is 22.4 Å². The molecule has 0 aliphatic rings. The van der Waals surface area contributed by atoms with Crippen LogP contribution in [-0.4, -0.2) is 26.4 Å². The Kier molecular flexibility index (Phi) is 7.62. The molecule has 0 aliphatic heterocycles. The molecular weight excluding hydrogens is 447 g/mol. The van der Waals surface area contributed by atoms with E-state index in [9.17, 15) is 4.79 Å². The van der Waals surface area contributed by atoms with Gasteiger partial charge in [0.05, 0.1) is 21.5 Å². The zero-order valence-corrected chi connectivity index (χ0v) is 19.6. The van der Waals surface area contributed by atoms with Gasteiger partial charge in [-0.1, -0.05) is 54.9 Å². The number of anilines is 1. The van der Waals surface area contributed by atoms with Crippen molar-refractivity contribution in [3.8, 4) is 11.4 Å². The van der Waals surface area contributed by atoms with Crippen molar-refractivity contribution in [3.63, 3.8) is 0 Å². The molecule has 5 nitrogen and oxygen atoms in total. The number of halogens is 2. The van der Waals surface area contributed by atoms with Crippen LogP contribution in [0.2, 0.25) is 10.0 Å². The first-order chi connectivity index (χ1) is 14.0. The summed E-state index contributed by atoms with van der Waals surface area (Å²) in [5.74, 6) is 0.898. The van der Waals surface area contributed by atoms with Gasteiger partial charge in [-0.05, 0) is 37.5 Å². The molecule has 9 heteroatoms. The first kappa shape index (κ1) is 22.2. The lowest BCUT2D eigenvalue weighted by molar-refractivity contribution is -0.113. The van der Waals surface area contributed by atoms with Crippen LogP contribution < -0.4 is 5.32 Å². The number of carbonyl (C=O) groups is 1. The van der Waals surface area contributed by atoms with Crippen molar-refractivity contribution in [2.45, 2.75) is 45.3 Å². The normalized spacial score (nSPS) is 11.1. The number of aryl methyl sites for hydroxylation is 1. The first-order valence-corrected chi connectivity index (χ1v) is 12.0. The molecule has 1 N–H and O–H groups in total.